The van der Waals surface area contributed by atoms with Crippen LogP contribution in [0.4, 0.5) is 0 Å². The Bertz CT molecular complexity index is 674. The number of carboxylic acids is 1. The van der Waals surface area contributed by atoms with Crippen molar-refractivity contribution in [2.75, 3.05) is 14.2 Å². The Balaban J connectivity index is 2.93. The number of hydrogen-bond donors (Lipinski definition) is 1. The molecule has 1 aromatic carbocycles. The van der Waals surface area contributed by atoms with Crippen molar-refractivity contribution in [2.24, 2.45) is 0 Å². The van der Waals surface area contributed by atoms with Gasteiger partial charge in [0, 0.05) is 6.07 Å². The predicted octanol–water partition coefficient (Wildman–Crippen LogP) is 1.98. The summed E-state index contributed by atoms with van der Waals surface area (Å²) >= 11 is 0.985. The first kappa shape index (κ1) is 12.4. The molecule has 6 heteroatoms. The first-order chi connectivity index (χ1) is 8.58. The van der Waals surface area contributed by atoms with Gasteiger partial charge in [0.15, 0.2) is 5.43 Å². The summed E-state index contributed by atoms with van der Waals surface area (Å²) in [6.45, 7) is 0. The minimum absolute atomic E-state index is 0.0287. The Labute approximate surface area is 106 Å². The number of fused-ring (bicyclic) bond motifs is 1. The highest BCUT2D eigenvalue weighted by molar-refractivity contribution is 7.20. The van der Waals surface area contributed by atoms with E-state index in [1.807, 2.05) is 0 Å². The van der Waals surface area contributed by atoms with Gasteiger partial charge in [0.1, 0.15) is 16.4 Å². The van der Waals surface area contributed by atoms with E-state index < -0.39 is 11.4 Å². The molecule has 1 N–H and O–H groups in total. The summed E-state index contributed by atoms with van der Waals surface area (Å²) in [5, 5.41) is 9.30. The molecule has 0 amide bonds. The third-order valence-corrected chi connectivity index (χ3v) is 3.58. The maximum atomic E-state index is 12.0. The van der Waals surface area contributed by atoms with Gasteiger partial charge in [-0.1, -0.05) is 0 Å². The summed E-state index contributed by atoms with van der Waals surface area (Å²) in [6, 6.07) is 4.36. The minimum atomic E-state index is -1.14. The molecule has 2 rings (SSSR count). The Morgan fingerprint density at radius 2 is 1.83 bits per heavy atom. The first-order valence-electron chi connectivity index (χ1n) is 5.00. The summed E-state index contributed by atoms with van der Waals surface area (Å²) in [7, 11) is 2.92. The smallest absolute Gasteiger partial charge is 0.346 e. The van der Waals surface area contributed by atoms with Crippen LogP contribution in [0.2, 0.25) is 0 Å². The second kappa shape index (κ2) is 4.66. The van der Waals surface area contributed by atoms with E-state index in [0.29, 0.717) is 21.6 Å². The SMILES string of the molecule is COc1ccc(OC)c2c(=O)cc(C(=O)O)sc12. The molecule has 0 bridgehead atoms. The van der Waals surface area contributed by atoms with Crippen LogP contribution in [0.3, 0.4) is 0 Å². The number of aromatic carboxylic acids is 1. The molecule has 1 heterocycles. The summed E-state index contributed by atoms with van der Waals surface area (Å²) in [6.07, 6.45) is 0. The molecular formula is C12H10O5S. The van der Waals surface area contributed by atoms with Crippen LogP contribution < -0.4 is 14.9 Å². The van der Waals surface area contributed by atoms with Crippen molar-refractivity contribution in [1.82, 2.24) is 0 Å². The van der Waals surface area contributed by atoms with Crippen molar-refractivity contribution in [3.05, 3.63) is 33.3 Å². The van der Waals surface area contributed by atoms with Crippen LogP contribution in [0.5, 0.6) is 11.5 Å². The van der Waals surface area contributed by atoms with Gasteiger partial charge >= 0.3 is 5.97 Å². The van der Waals surface area contributed by atoms with Gasteiger partial charge in [0.2, 0.25) is 0 Å². The topological polar surface area (TPSA) is 72.8 Å². The Hall–Kier alpha value is -2.08. The molecule has 0 fully saturated rings. The third kappa shape index (κ3) is 1.91. The van der Waals surface area contributed by atoms with E-state index in [1.54, 1.807) is 12.1 Å². The largest absolute Gasteiger partial charge is 0.496 e. The quantitative estimate of drug-likeness (QED) is 0.919. The van der Waals surface area contributed by atoms with Crippen LogP contribution in [0, 0.1) is 0 Å². The lowest BCUT2D eigenvalue weighted by atomic mass is 10.2. The van der Waals surface area contributed by atoms with Crippen molar-refractivity contribution in [3.8, 4) is 11.5 Å². The van der Waals surface area contributed by atoms with E-state index in [9.17, 15) is 9.59 Å². The average Bonchev–Trinajstić information content (AvgIpc) is 2.37. The van der Waals surface area contributed by atoms with Crippen molar-refractivity contribution < 1.29 is 19.4 Å². The van der Waals surface area contributed by atoms with Crippen molar-refractivity contribution in [2.45, 2.75) is 0 Å². The highest BCUT2D eigenvalue weighted by atomic mass is 32.1. The van der Waals surface area contributed by atoms with Gasteiger partial charge in [-0.2, -0.15) is 0 Å². The molecular weight excluding hydrogens is 256 g/mol. The number of ether oxygens (including phenoxy) is 2. The second-order valence-electron chi connectivity index (χ2n) is 3.45. The van der Waals surface area contributed by atoms with Crippen LogP contribution in [-0.4, -0.2) is 25.3 Å². The van der Waals surface area contributed by atoms with Gasteiger partial charge < -0.3 is 14.6 Å². The lowest BCUT2D eigenvalue weighted by Gasteiger charge is -2.08. The number of carboxylic acid groups (broad SMARTS) is 1. The molecule has 1 aromatic heterocycles. The van der Waals surface area contributed by atoms with E-state index in [2.05, 4.69) is 0 Å². The van der Waals surface area contributed by atoms with Crippen molar-refractivity contribution in [3.63, 3.8) is 0 Å². The number of benzene rings is 1. The molecule has 5 nitrogen and oxygen atoms in total. The van der Waals surface area contributed by atoms with Gasteiger partial charge in [-0.05, 0) is 12.1 Å². The molecule has 0 spiro atoms. The molecule has 18 heavy (non-hydrogen) atoms. The molecule has 0 aliphatic rings. The molecule has 0 aliphatic carbocycles. The zero-order valence-corrected chi connectivity index (χ0v) is 10.5. The monoisotopic (exact) mass is 266 g/mol. The standard InChI is InChI=1S/C12H10O5S/c1-16-7-3-4-8(17-2)11-10(7)6(13)5-9(18-11)12(14)15/h3-5H,1-2H3,(H,14,15). The maximum Gasteiger partial charge on any atom is 0.346 e. The summed E-state index contributed by atoms with van der Waals surface area (Å²) in [5.41, 5.74) is -0.392. The minimum Gasteiger partial charge on any atom is -0.496 e. The molecule has 2 aromatic rings. The zero-order chi connectivity index (χ0) is 13.3. The normalized spacial score (nSPS) is 10.3. The van der Waals surface area contributed by atoms with Gasteiger partial charge in [0.25, 0.3) is 0 Å². The fourth-order valence-corrected chi connectivity index (χ4v) is 2.68. The molecule has 0 radical (unpaired) electrons. The average molecular weight is 266 g/mol. The zero-order valence-electron chi connectivity index (χ0n) is 9.72. The lowest BCUT2D eigenvalue weighted by molar-refractivity contribution is 0.0702. The fraction of sp³-hybridized carbons (Fsp3) is 0.167. The van der Waals surface area contributed by atoms with Crippen molar-refractivity contribution in [1.29, 1.82) is 0 Å². The maximum absolute atomic E-state index is 12.0. The Morgan fingerprint density at radius 1 is 1.22 bits per heavy atom. The van der Waals surface area contributed by atoms with Gasteiger partial charge in [0.05, 0.1) is 24.3 Å². The Morgan fingerprint density at radius 3 is 2.39 bits per heavy atom. The van der Waals surface area contributed by atoms with Crippen molar-refractivity contribution >= 4 is 27.4 Å². The van der Waals surface area contributed by atoms with E-state index in [4.69, 9.17) is 14.6 Å². The van der Waals surface area contributed by atoms with Crippen LogP contribution in [-0.2, 0) is 0 Å². The Kier molecular flexibility index (Phi) is 3.20. The summed E-state index contributed by atoms with van der Waals surface area (Å²) in [4.78, 5) is 22.9. The van der Waals surface area contributed by atoms with Crippen LogP contribution >= 0.6 is 11.3 Å². The van der Waals surface area contributed by atoms with Gasteiger partial charge in [-0.25, -0.2) is 4.79 Å². The lowest BCUT2D eigenvalue weighted by Crippen LogP contribution is -2.06. The first-order valence-corrected chi connectivity index (χ1v) is 5.82. The van der Waals surface area contributed by atoms with Crippen LogP contribution in [0.15, 0.2) is 23.0 Å². The highest BCUT2D eigenvalue weighted by Crippen LogP contribution is 2.34. The number of hydrogen-bond acceptors (Lipinski definition) is 5. The number of rotatable bonds is 3. The molecule has 0 aliphatic heterocycles. The molecule has 0 saturated heterocycles. The van der Waals surface area contributed by atoms with Gasteiger partial charge in [-0.15, -0.1) is 11.3 Å². The van der Waals surface area contributed by atoms with Gasteiger partial charge in [-0.3, -0.25) is 4.79 Å². The third-order valence-electron chi connectivity index (χ3n) is 2.45. The number of methoxy groups -OCH3 is 2. The van der Waals surface area contributed by atoms with E-state index in [1.165, 1.54) is 14.2 Å². The molecule has 0 unspecified atom stereocenters. The highest BCUT2D eigenvalue weighted by Gasteiger charge is 2.15. The predicted molar refractivity (Wildman–Crippen MR) is 68.2 cm³/mol. The van der Waals surface area contributed by atoms with Crippen LogP contribution in [0.25, 0.3) is 10.1 Å². The molecule has 0 atom stereocenters. The fourth-order valence-electron chi connectivity index (χ4n) is 1.65. The molecule has 94 valence electrons. The molecule has 0 saturated carbocycles. The van der Waals surface area contributed by atoms with E-state index in [-0.39, 0.29) is 4.88 Å². The second-order valence-corrected chi connectivity index (χ2v) is 4.51. The van der Waals surface area contributed by atoms with E-state index >= 15 is 0 Å². The van der Waals surface area contributed by atoms with E-state index in [0.717, 1.165) is 17.4 Å². The summed E-state index contributed by atoms with van der Waals surface area (Å²) in [5.74, 6) is -0.274. The number of carbonyl (C=O) groups is 1. The summed E-state index contributed by atoms with van der Waals surface area (Å²) < 4.78 is 10.7. The van der Waals surface area contributed by atoms with Crippen LogP contribution in [0.1, 0.15) is 9.67 Å².